The number of carbonyl (C=O) groups is 1. The third-order valence-electron chi connectivity index (χ3n) is 2.84. The average molecular weight is 283 g/mol. The molecule has 0 spiro atoms. The molecule has 1 N–H and O–H groups in total. The predicted octanol–water partition coefficient (Wildman–Crippen LogP) is 1.15. The van der Waals surface area contributed by atoms with Gasteiger partial charge < -0.3 is 18.9 Å². The molecule has 0 aliphatic rings. The Labute approximate surface area is 119 Å². The number of carbonyl (C=O) groups excluding carboxylic acids is 1. The molecule has 0 aliphatic carbocycles. The third kappa shape index (κ3) is 3.85. The topological polar surface area (TPSA) is 66.0 Å². The molecule has 0 saturated heterocycles. The number of para-hydroxylation sites is 1. The summed E-state index contributed by atoms with van der Waals surface area (Å²) in [5, 5.41) is 3.08. The van der Waals surface area contributed by atoms with Crippen LogP contribution in [0.3, 0.4) is 0 Å². The van der Waals surface area contributed by atoms with Crippen LogP contribution in [0.25, 0.3) is 0 Å². The molecule has 6 nitrogen and oxygen atoms in total. The summed E-state index contributed by atoms with van der Waals surface area (Å²) in [7, 11) is 6.03. The van der Waals surface area contributed by atoms with Crippen molar-refractivity contribution in [1.29, 1.82) is 0 Å². The Morgan fingerprint density at radius 3 is 2.50 bits per heavy atom. The van der Waals surface area contributed by atoms with Crippen LogP contribution < -0.4 is 14.8 Å². The molecule has 112 valence electrons. The van der Waals surface area contributed by atoms with Gasteiger partial charge in [-0.1, -0.05) is 12.1 Å². The van der Waals surface area contributed by atoms with Gasteiger partial charge in [0, 0.05) is 19.2 Å². The molecular formula is C14H21NO5. The summed E-state index contributed by atoms with van der Waals surface area (Å²) in [5.74, 6) is 0.676. The highest BCUT2D eigenvalue weighted by Crippen LogP contribution is 2.34. The van der Waals surface area contributed by atoms with Crippen molar-refractivity contribution in [3.63, 3.8) is 0 Å². The van der Waals surface area contributed by atoms with Crippen LogP contribution in [0, 0.1) is 0 Å². The molecular weight excluding hydrogens is 262 g/mol. The summed E-state index contributed by atoms with van der Waals surface area (Å²) in [5.41, 5.74) is 0.662. The smallest absolute Gasteiger partial charge is 0.327 e. The van der Waals surface area contributed by atoms with Crippen molar-refractivity contribution in [2.24, 2.45) is 0 Å². The van der Waals surface area contributed by atoms with Gasteiger partial charge in [-0.25, -0.2) is 4.79 Å². The Morgan fingerprint density at radius 2 is 1.95 bits per heavy atom. The Kier molecular flexibility index (Phi) is 6.83. The van der Waals surface area contributed by atoms with Gasteiger partial charge in [0.25, 0.3) is 0 Å². The maximum absolute atomic E-state index is 12.0. The van der Waals surface area contributed by atoms with Gasteiger partial charge in [0.15, 0.2) is 11.5 Å². The predicted molar refractivity (Wildman–Crippen MR) is 74.2 cm³/mol. The minimum Gasteiger partial charge on any atom is -0.493 e. The Bertz CT molecular complexity index is 436. The lowest BCUT2D eigenvalue weighted by molar-refractivity contribution is -0.143. The number of ether oxygens (including phenoxy) is 4. The fourth-order valence-electron chi connectivity index (χ4n) is 1.88. The van der Waals surface area contributed by atoms with Crippen molar-refractivity contribution in [1.82, 2.24) is 5.32 Å². The van der Waals surface area contributed by atoms with Crippen molar-refractivity contribution in [3.8, 4) is 11.5 Å². The summed E-state index contributed by atoms with van der Waals surface area (Å²) < 4.78 is 20.4. The largest absolute Gasteiger partial charge is 0.493 e. The van der Waals surface area contributed by atoms with Gasteiger partial charge >= 0.3 is 5.97 Å². The van der Waals surface area contributed by atoms with E-state index in [0.717, 1.165) is 0 Å². The van der Waals surface area contributed by atoms with Gasteiger partial charge in [0.1, 0.15) is 6.04 Å². The van der Waals surface area contributed by atoms with E-state index in [1.54, 1.807) is 32.4 Å². The highest BCUT2D eigenvalue weighted by atomic mass is 16.5. The van der Waals surface area contributed by atoms with E-state index < -0.39 is 12.0 Å². The number of benzene rings is 1. The SMILES string of the molecule is COCCNC(C(=O)OC)c1cccc(OC)c1OC. The van der Waals surface area contributed by atoms with Crippen LogP contribution in [0.5, 0.6) is 11.5 Å². The van der Waals surface area contributed by atoms with Crippen LogP contribution in [0.15, 0.2) is 18.2 Å². The quantitative estimate of drug-likeness (QED) is 0.570. The van der Waals surface area contributed by atoms with Crippen molar-refractivity contribution < 1.29 is 23.7 Å². The lowest BCUT2D eigenvalue weighted by Crippen LogP contribution is -2.32. The van der Waals surface area contributed by atoms with Gasteiger partial charge in [0.05, 0.1) is 27.9 Å². The van der Waals surface area contributed by atoms with Crippen LogP contribution in [0.4, 0.5) is 0 Å². The maximum atomic E-state index is 12.0. The second-order valence-corrected chi connectivity index (χ2v) is 3.99. The summed E-state index contributed by atoms with van der Waals surface area (Å²) in [6, 6.07) is 4.72. The first-order chi connectivity index (χ1) is 9.69. The molecule has 0 amide bonds. The molecule has 1 atom stereocenters. The number of esters is 1. The monoisotopic (exact) mass is 283 g/mol. The van der Waals surface area contributed by atoms with E-state index in [2.05, 4.69) is 5.32 Å². The fourth-order valence-corrected chi connectivity index (χ4v) is 1.88. The number of hydrogen-bond acceptors (Lipinski definition) is 6. The zero-order valence-corrected chi connectivity index (χ0v) is 12.3. The molecule has 0 fully saturated rings. The lowest BCUT2D eigenvalue weighted by atomic mass is 10.0. The molecule has 1 unspecified atom stereocenters. The van der Waals surface area contributed by atoms with Crippen molar-refractivity contribution in [2.75, 3.05) is 41.6 Å². The average Bonchev–Trinajstić information content (AvgIpc) is 2.50. The first-order valence-corrected chi connectivity index (χ1v) is 6.20. The number of nitrogens with one attached hydrogen (secondary N) is 1. The van der Waals surface area contributed by atoms with Crippen molar-refractivity contribution >= 4 is 5.97 Å². The van der Waals surface area contributed by atoms with E-state index in [4.69, 9.17) is 18.9 Å². The number of hydrogen-bond donors (Lipinski definition) is 1. The first-order valence-electron chi connectivity index (χ1n) is 6.20. The normalized spacial score (nSPS) is 11.8. The molecule has 6 heteroatoms. The molecule has 0 bridgehead atoms. The van der Waals surface area contributed by atoms with Gasteiger partial charge in [-0.15, -0.1) is 0 Å². The zero-order chi connectivity index (χ0) is 15.0. The van der Waals surface area contributed by atoms with E-state index in [1.165, 1.54) is 14.2 Å². The van der Waals surface area contributed by atoms with E-state index in [9.17, 15) is 4.79 Å². The van der Waals surface area contributed by atoms with Gasteiger partial charge in [-0.2, -0.15) is 0 Å². The highest BCUT2D eigenvalue weighted by molar-refractivity contribution is 5.79. The molecule has 0 heterocycles. The molecule has 0 saturated carbocycles. The molecule has 20 heavy (non-hydrogen) atoms. The Hall–Kier alpha value is -1.79. The van der Waals surface area contributed by atoms with Gasteiger partial charge in [0.2, 0.25) is 0 Å². The van der Waals surface area contributed by atoms with E-state index >= 15 is 0 Å². The second-order valence-electron chi connectivity index (χ2n) is 3.99. The van der Waals surface area contributed by atoms with E-state index in [0.29, 0.717) is 30.2 Å². The molecule has 0 aromatic heterocycles. The Morgan fingerprint density at radius 1 is 1.20 bits per heavy atom. The molecule has 0 radical (unpaired) electrons. The molecule has 1 aromatic carbocycles. The summed E-state index contributed by atoms with van der Waals surface area (Å²) in [6.45, 7) is 0.996. The van der Waals surface area contributed by atoms with Crippen molar-refractivity contribution in [2.45, 2.75) is 6.04 Å². The van der Waals surface area contributed by atoms with Gasteiger partial charge in [-0.05, 0) is 6.07 Å². The molecule has 1 aromatic rings. The summed E-state index contributed by atoms with van der Waals surface area (Å²) >= 11 is 0. The van der Waals surface area contributed by atoms with Crippen molar-refractivity contribution in [3.05, 3.63) is 23.8 Å². The number of rotatable bonds is 8. The first kappa shape index (κ1) is 16.3. The van der Waals surface area contributed by atoms with E-state index in [1.807, 2.05) is 0 Å². The second kappa shape index (κ2) is 8.39. The summed E-state index contributed by atoms with van der Waals surface area (Å²) in [4.78, 5) is 12.0. The maximum Gasteiger partial charge on any atom is 0.327 e. The highest BCUT2D eigenvalue weighted by Gasteiger charge is 2.25. The Balaban J connectivity index is 3.09. The van der Waals surface area contributed by atoms with Crippen LogP contribution in [0.1, 0.15) is 11.6 Å². The van der Waals surface area contributed by atoms with Crippen LogP contribution in [-0.2, 0) is 14.3 Å². The fraction of sp³-hybridized carbons (Fsp3) is 0.500. The summed E-state index contributed by atoms with van der Waals surface area (Å²) in [6.07, 6.45) is 0. The zero-order valence-electron chi connectivity index (χ0n) is 12.3. The minimum absolute atomic E-state index is 0.396. The van der Waals surface area contributed by atoms with Crippen LogP contribution in [-0.4, -0.2) is 47.6 Å². The van der Waals surface area contributed by atoms with Crippen LogP contribution in [0.2, 0.25) is 0 Å². The molecule has 1 rings (SSSR count). The van der Waals surface area contributed by atoms with Crippen LogP contribution >= 0.6 is 0 Å². The lowest BCUT2D eigenvalue weighted by Gasteiger charge is -2.20. The van der Waals surface area contributed by atoms with Gasteiger partial charge in [-0.3, -0.25) is 5.32 Å². The third-order valence-corrected chi connectivity index (χ3v) is 2.84. The van der Waals surface area contributed by atoms with E-state index in [-0.39, 0.29) is 0 Å². The number of methoxy groups -OCH3 is 4. The molecule has 0 aliphatic heterocycles. The minimum atomic E-state index is -0.639. The standard InChI is InChI=1S/C14H21NO5/c1-17-9-8-15-12(14(16)20-4)10-6-5-7-11(18-2)13(10)19-3/h5-7,12,15H,8-9H2,1-4H3.